The maximum absolute atomic E-state index is 12.0. The van der Waals surface area contributed by atoms with Gasteiger partial charge in [-0.1, -0.05) is 6.92 Å². The molecule has 19 heavy (non-hydrogen) atoms. The Morgan fingerprint density at radius 3 is 2.74 bits per heavy atom. The van der Waals surface area contributed by atoms with Crippen molar-refractivity contribution in [1.82, 2.24) is 15.2 Å². The number of hydrogen-bond donors (Lipinski definition) is 2. The van der Waals surface area contributed by atoms with Gasteiger partial charge in [-0.05, 0) is 27.2 Å². The second kappa shape index (κ2) is 6.34. The number of carbonyl (C=O) groups is 1. The number of thiazole rings is 1. The van der Waals surface area contributed by atoms with Gasteiger partial charge in [0.2, 0.25) is 0 Å². The van der Waals surface area contributed by atoms with Gasteiger partial charge in [0.15, 0.2) is 0 Å². The third-order valence-electron chi connectivity index (χ3n) is 2.60. The lowest BCUT2D eigenvalue weighted by Gasteiger charge is -2.26. The zero-order chi connectivity index (χ0) is 14.6. The minimum atomic E-state index is -0.897. The van der Waals surface area contributed by atoms with E-state index >= 15 is 0 Å². The predicted octanol–water partition coefficient (Wildman–Crippen LogP) is 2.18. The topological polar surface area (TPSA) is 65.5 Å². The molecule has 2 amide bonds. The van der Waals surface area contributed by atoms with Crippen LogP contribution in [0.2, 0.25) is 0 Å². The summed E-state index contributed by atoms with van der Waals surface area (Å²) >= 11 is 1.61. The van der Waals surface area contributed by atoms with Crippen molar-refractivity contribution in [3.63, 3.8) is 0 Å². The summed E-state index contributed by atoms with van der Waals surface area (Å²) in [6, 6.07) is -0.329. The lowest BCUT2D eigenvalue weighted by molar-refractivity contribution is 0.0528. The highest BCUT2D eigenvalue weighted by Gasteiger charge is 2.21. The molecule has 1 atom stereocenters. The summed E-state index contributed by atoms with van der Waals surface area (Å²) in [7, 11) is 1.67. The molecule has 1 unspecified atom stereocenters. The molecule has 0 saturated carbocycles. The Bertz CT molecular complexity index is 426. The highest BCUT2D eigenvalue weighted by molar-refractivity contribution is 7.11. The van der Waals surface area contributed by atoms with Crippen molar-refractivity contribution in [2.24, 2.45) is 0 Å². The summed E-state index contributed by atoms with van der Waals surface area (Å²) in [6.07, 6.45) is 2.81. The van der Waals surface area contributed by atoms with Gasteiger partial charge in [-0.2, -0.15) is 0 Å². The van der Waals surface area contributed by atoms with Crippen LogP contribution in [0, 0.1) is 0 Å². The van der Waals surface area contributed by atoms with E-state index in [9.17, 15) is 9.90 Å². The molecule has 0 aromatic carbocycles. The van der Waals surface area contributed by atoms with Crippen molar-refractivity contribution in [1.29, 1.82) is 0 Å². The van der Waals surface area contributed by atoms with Gasteiger partial charge >= 0.3 is 6.03 Å². The van der Waals surface area contributed by atoms with Crippen LogP contribution in [-0.2, 0) is 6.42 Å². The van der Waals surface area contributed by atoms with Crippen molar-refractivity contribution < 1.29 is 9.90 Å². The van der Waals surface area contributed by atoms with Gasteiger partial charge in [-0.3, -0.25) is 0 Å². The summed E-state index contributed by atoms with van der Waals surface area (Å²) in [5.41, 5.74) is -0.897. The molecule has 108 valence electrons. The molecular weight excluding hydrogens is 262 g/mol. The highest BCUT2D eigenvalue weighted by Crippen LogP contribution is 2.20. The lowest BCUT2D eigenvalue weighted by atomic mass is 10.1. The third-order valence-corrected chi connectivity index (χ3v) is 3.93. The van der Waals surface area contributed by atoms with Crippen molar-refractivity contribution in [3.05, 3.63) is 16.1 Å². The van der Waals surface area contributed by atoms with Crippen molar-refractivity contribution in [2.75, 3.05) is 13.6 Å². The number of urea groups is 1. The molecule has 1 aromatic rings. The van der Waals surface area contributed by atoms with E-state index in [1.807, 2.05) is 13.1 Å². The van der Waals surface area contributed by atoms with Crippen LogP contribution in [0.3, 0.4) is 0 Å². The van der Waals surface area contributed by atoms with Crippen LogP contribution in [0.1, 0.15) is 43.6 Å². The second-order valence-electron chi connectivity index (χ2n) is 5.36. The van der Waals surface area contributed by atoms with Gasteiger partial charge in [-0.15, -0.1) is 11.3 Å². The summed E-state index contributed by atoms with van der Waals surface area (Å²) in [4.78, 5) is 19.0. The molecule has 1 aromatic heterocycles. The Morgan fingerprint density at radius 2 is 2.26 bits per heavy atom. The molecule has 5 nitrogen and oxygen atoms in total. The first kappa shape index (κ1) is 15.9. The number of nitrogens with zero attached hydrogens (tertiary/aromatic N) is 2. The summed E-state index contributed by atoms with van der Waals surface area (Å²) in [6.45, 7) is 7.62. The van der Waals surface area contributed by atoms with Gasteiger partial charge in [0.25, 0.3) is 0 Å². The van der Waals surface area contributed by atoms with Crippen LogP contribution in [0.15, 0.2) is 6.20 Å². The third kappa shape index (κ3) is 5.16. The molecule has 0 aliphatic heterocycles. The number of rotatable bonds is 5. The predicted molar refractivity (Wildman–Crippen MR) is 77.4 cm³/mol. The van der Waals surface area contributed by atoms with E-state index < -0.39 is 5.60 Å². The van der Waals surface area contributed by atoms with Crippen LogP contribution < -0.4 is 5.32 Å². The minimum Gasteiger partial charge on any atom is -0.389 e. The zero-order valence-electron chi connectivity index (χ0n) is 12.2. The Kier molecular flexibility index (Phi) is 5.31. The fourth-order valence-corrected chi connectivity index (χ4v) is 2.56. The van der Waals surface area contributed by atoms with Crippen LogP contribution in [0.4, 0.5) is 4.79 Å². The quantitative estimate of drug-likeness (QED) is 0.871. The molecule has 0 spiro atoms. The number of aliphatic hydroxyl groups is 1. The van der Waals surface area contributed by atoms with Gasteiger partial charge < -0.3 is 15.3 Å². The smallest absolute Gasteiger partial charge is 0.317 e. The summed E-state index contributed by atoms with van der Waals surface area (Å²) in [5, 5.41) is 13.5. The van der Waals surface area contributed by atoms with E-state index in [2.05, 4.69) is 17.2 Å². The molecule has 0 saturated heterocycles. The number of nitrogens with one attached hydrogen (secondary N) is 1. The second-order valence-corrected chi connectivity index (χ2v) is 6.50. The van der Waals surface area contributed by atoms with Gasteiger partial charge in [0, 0.05) is 18.1 Å². The van der Waals surface area contributed by atoms with E-state index in [1.165, 1.54) is 9.78 Å². The van der Waals surface area contributed by atoms with Gasteiger partial charge in [-0.25, -0.2) is 9.78 Å². The van der Waals surface area contributed by atoms with E-state index in [1.54, 1.807) is 32.2 Å². The first-order valence-electron chi connectivity index (χ1n) is 6.41. The monoisotopic (exact) mass is 285 g/mol. The number of aromatic nitrogens is 1. The van der Waals surface area contributed by atoms with Crippen LogP contribution in [0.5, 0.6) is 0 Å². The molecular formula is C13H23N3O2S. The van der Waals surface area contributed by atoms with Crippen molar-refractivity contribution >= 4 is 17.4 Å². The normalized spacial score (nSPS) is 13.2. The maximum Gasteiger partial charge on any atom is 0.317 e. The van der Waals surface area contributed by atoms with E-state index in [4.69, 9.17) is 0 Å². The summed E-state index contributed by atoms with van der Waals surface area (Å²) < 4.78 is 0. The van der Waals surface area contributed by atoms with E-state index in [0.29, 0.717) is 0 Å². The van der Waals surface area contributed by atoms with E-state index in [0.717, 1.165) is 11.4 Å². The molecule has 6 heteroatoms. The van der Waals surface area contributed by atoms with Crippen LogP contribution >= 0.6 is 11.3 Å². The largest absolute Gasteiger partial charge is 0.389 e. The number of amides is 2. The van der Waals surface area contributed by atoms with Crippen molar-refractivity contribution in [3.8, 4) is 0 Å². The molecule has 0 aliphatic carbocycles. The SMILES string of the molecule is CCc1cnc(C(C)NC(=O)N(C)CC(C)(C)O)s1. The van der Waals surface area contributed by atoms with Crippen molar-refractivity contribution in [2.45, 2.75) is 45.8 Å². The molecule has 0 fully saturated rings. The Hall–Kier alpha value is -1.14. The molecule has 1 heterocycles. The fourth-order valence-electron chi connectivity index (χ4n) is 1.70. The van der Waals surface area contributed by atoms with Gasteiger partial charge in [0.05, 0.1) is 18.2 Å². The van der Waals surface area contributed by atoms with Gasteiger partial charge in [0.1, 0.15) is 5.01 Å². The number of aryl methyl sites for hydroxylation is 1. The molecule has 0 aliphatic rings. The first-order valence-corrected chi connectivity index (χ1v) is 7.23. The molecule has 1 rings (SSSR count). The summed E-state index contributed by atoms with van der Waals surface area (Å²) in [5.74, 6) is 0. The van der Waals surface area contributed by atoms with E-state index in [-0.39, 0.29) is 18.6 Å². The standard InChI is InChI=1S/C13H23N3O2S/c1-6-10-7-14-11(19-10)9(2)15-12(17)16(5)8-13(3,4)18/h7,9,18H,6,8H2,1-5H3,(H,15,17). The first-order chi connectivity index (χ1) is 8.73. The average molecular weight is 285 g/mol. The zero-order valence-corrected chi connectivity index (χ0v) is 13.0. The van der Waals surface area contributed by atoms with Crippen LogP contribution in [0.25, 0.3) is 0 Å². The molecule has 0 radical (unpaired) electrons. The number of hydrogen-bond acceptors (Lipinski definition) is 4. The molecule has 0 bridgehead atoms. The minimum absolute atomic E-state index is 0.123. The average Bonchev–Trinajstić information content (AvgIpc) is 2.75. The maximum atomic E-state index is 12.0. The number of likely N-dealkylation sites (N-methyl/N-ethyl adjacent to an activating group) is 1. The molecule has 2 N–H and O–H groups in total. The number of carbonyl (C=O) groups excluding carboxylic acids is 1. The lowest BCUT2D eigenvalue weighted by Crippen LogP contribution is -2.45. The fraction of sp³-hybridized carbons (Fsp3) is 0.692. The Labute approximate surface area is 118 Å². The Morgan fingerprint density at radius 1 is 1.63 bits per heavy atom. The van der Waals surface area contributed by atoms with Crippen LogP contribution in [-0.4, -0.2) is 40.2 Å². The Balaban J connectivity index is 2.56. The highest BCUT2D eigenvalue weighted by atomic mass is 32.1.